The average molecular weight is 958 g/mol. The van der Waals surface area contributed by atoms with Crippen molar-refractivity contribution in [3.8, 4) is 0 Å². The number of Topliss-reactive ketones (excluding diaryl/α,β-unsaturated/α-hetero) is 3. The van der Waals surface area contributed by atoms with E-state index in [-0.39, 0.29) is 50.8 Å². The molecule has 3 aromatic carbocycles. The summed E-state index contributed by atoms with van der Waals surface area (Å²) in [4.78, 5) is 42.2. The van der Waals surface area contributed by atoms with Gasteiger partial charge in [0, 0.05) is 68.3 Å². The maximum atomic E-state index is 12.8. The van der Waals surface area contributed by atoms with Crippen LogP contribution in [0.25, 0.3) is 6.08 Å². The van der Waals surface area contributed by atoms with E-state index >= 15 is 0 Å². The maximum absolute atomic E-state index is 12.8. The molecule has 0 aliphatic rings. The third-order valence-corrected chi connectivity index (χ3v) is 7.59. The fourth-order valence-corrected chi connectivity index (χ4v) is 3.65. The van der Waals surface area contributed by atoms with Crippen LogP contribution in [-0.2, 0) is 25.4 Å². The Morgan fingerprint density at radius 2 is 1.02 bits per heavy atom. The molecule has 0 aliphatic carbocycles. The molecule has 0 heterocycles. The molecule has 3 atom stereocenters. The van der Waals surface area contributed by atoms with E-state index in [2.05, 4.69) is 37.2 Å². The van der Waals surface area contributed by atoms with Crippen molar-refractivity contribution in [2.24, 2.45) is 5.92 Å². The molecule has 50 heavy (non-hydrogen) atoms. The van der Waals surface area contributed by atoms with Crippen molar-refractivity contribution in [2.75, 3.05) is 6.66 Å². The molecule has 0 aromatic heterocycles. The quantitative estimate of drug-likeness (QED) is 0.0738. The lowest BCUT2D eigenvalue weighted by molar-refractivity contribution is -0.120. The minimum atomic E-state index is -1.30. The van der Waals surface area contributed by atoms with E-state index in [0.29, 0.717) is 35.5 Å². The highest BCUT2D eigenvalue weighted by Crippen LogP contribution is 2.22. The van der Waals surface area contributed by atoms with Crippen LogP contribution in [0, 0.1) is 40.8 Å². The molecule has 0 saturated carbocycles. The van der Waals surface area contributed by atoms with Gasteiger partial charge in [0.2, 0.25) is 5.66 Å². The van der Waals surface area contributed by atoms with Gasteiger partial charge in [0.1, 0.15) is 53.6 Å². The second-order valence-electron chi connectivity index (χ2n) is 10.2. The number of benzene rings is 3. The molecule has 2 unspecified atom stereocenters. The average Bonchev–Trinajstić information content (AvgIpc) is 2.97. The fraction of sp³-hybridized carbons (Fsp3) is 0.333. The second-order valence-corrected chi connectivity index (χ2v) is 12.1. The number of halogens is 8. The summed E-state index contributed by atoms with van der Waals surface area (Å²) >= 11 is 4.24. The molecule has 5 nitrogen and oxygen atoms in total. The zero-order chi connectivity index (χ0) is 37.7. The Bertz CT molecular complexity index is 1520. The number of allylic oxidation sites excluding steroid dienone is 1. The summed E-state index contributed by atoms with van der Waals surface area (Å²) in [5, 5.41) is 0. The first-order chi connectivity index (χ1) is 22.2. The van der Waals surface area contributed by atoms with Crippen molar-refractivity contribution in [1.82, 2.24) is 0 Å². The van der Waals surface area contributed by atoms with Crippen LogP contribution in [0.1, 0.15) is 79.3 Å². The van der Waals surface area contributed by atoms with Gasteiger partial charge in [-0.2, -0.15) is 0 Å². The maximum Gasteiger partial charge on any atom is 0.346 e. The Hall–Kier alpha value is -2.78. The molecule has 3 aromatic rings. The summed E-state index contributed by atoms with van der Waals surface area (Å²) in [6.45, 7) is 10.9. The second kappa shape index (κ2) is 28.9. The molecule has 0 fully saturated rings. The van der Waals surface area contributed by atoms with E-state index in [1.807, 2.05) is 0 Å². The summed E-state index contributed by atoms with van der Waals surface area (Å²) < 4.78 is 85.9. The Labute approximate surface area is 317 Å². The van der Waals surface area contributed by atoms with Crippen LogP contribution >= 0.6 is 45.0 Å². The lowest BCUT2D eigenvalue weighted by Gasteiger charge is -2.07. The van der Waals surface area contributed by atoms with Crippen LogP contribution in [0.15, 0.2) is 60.2 Å². The van der Waals surface area contributed by atoms with E-state index in [9.17, 15) is 50.1 Å². The largest absolute Gasteiger partial charge is 0.346 e. The minimum Gasteiger partial charge on any atom is -0.300 e. The van der Waals surface area contributed by atoms with Crippen LogP contribution in [0.2, 0.25) is 0 Å². The van der Waals surface area contributed by atoms with Gasteiger partial charge in [-0.25, -0.2) is 26.3 Å². The van der Waals surface area contributed by atoms with Crippen LogP contribution in [0.3, 0.4) is 0 Å². The van der Waals surface area contributed by atoms with Gasteiger partial charge in [0.05, 0.1) is 0 Å². The van der Waals surface area contributed by atoms with Gasteiger partial charge < -0.3 is 0 Å². The van der Waals surface area contributed by atoms with Gasteiger partial charge >= 0.3 is 7.80 Å². The first-order valence-corrected chi connectivity index (χ1v) is 21.9. The third-order valence-electron chi connectivity index (χ3n) is 6.14. The molecule has 3 rings (SSSR count). The zero-order valence-corrected chi connectivity index (χ0v) is 32.4. The predicted molar refractivity (Wildman–Crippen MR) is 210 cm³/mol. The molecule has 14 heteroatoms. The van der Waals surface area contributed by atoms with E-state index < -0.39 is 42.7 Å². The van der Waals surface area contributed by atoms with Crippen molar-refractivity contribution in [2.45, 2.75) is 68.5 Å². The number of ketones is 3. The van der Waals surface area contributed by atoms with Crippen molar-refractivity contribution in [3.63, 3.8) is 0 Å². The topological polar surface area (TPSA) is 85.3 Å². The molecule has 0 bridgehead atoms. The smallest absolute Gasteiger partial charge is 0.300 e. The zero-order valence-electron chi connectivity index (χ0n) is 27.2. The molecular formula is C36H46F6I2O5P+. The van der Waals surface area contributed by atoms with Gasteiger partial charge in [-0.15, -0.1) is 0 Å². The summed E-state index contributed by atoms with van der Waals surface area (Å²) in [6.07, 6.45) is 2.23. The number of hydrogen-bond donors (Lipinski definition) is 0. The van der Waals surface area contributed by atoms with Crippen LogP contribution in [-0.4, -0.2) is 36.0 Å². The lowest BCUT2D eigenvalue weighted by atomic mass is 9.98. The van der Waals surface area contributed by atoms with Crippen LogP contribution in [0.5, 0.6) is 0 Å². The number of carbonyl (C=O) groups is 4. The Kier molecular flexibility index (Phi) is 31.2. The standard InChI is InChI=1S/C11H12F2O.C11H10F2O.C7H4F2O.C5H10O2P.2CH4.I2.H2/c2*1-7(8(2)14)3-9-4-10(12)6-11(13)5-9;8-6-1-5(4-10)2-7(9)3-6;1-4(6)5(2)8(3)7;;;1-2;/h4-7H,3H2,1-2H3;3-6H,1-2H3;1-4H;5H,1-3H3;2*1H4;;1H/q;;;+1;;;;/b;7-3+;;;;;;/t7-;;;;;;;/m0......./s1. The van der Waals surface area contributed by atoms with E-state index in [1.54, 1.807) is 27.4 Å². The summed E-state index contributed by atoms with van der Waals surface area (Å²) in [5.41, 5.74) is 1.10. The Balaban J connectivity index is -0.000000182. The highest BCUT2D eigenvalue weighted by molar-refractivity contribution is 15.0. The summed E-state index contributed by atoms with van der Waals surface area (Å²) in [5.74, 6) is -4.25. The van der Waals surface area contributed by atoms with Gasteiger partial charge in [-0.1, -0.05) is 26.3 Å². The van der Waals surface area contributed by atoms with Crippen molar-refractivity contribution >= 4 is 74.7 Å². The lowest BCUT2D eigenvalue weighted by Crippen LogP contribution is -2.09. The monoisotopic (exact) mass is 957 g/mol. The van der Waals surface area contributed by atoms with Crippen molar-refractivity contribution in [1.29, 1.82) is 0 Å². The minimum absolute atomic E-state index is 0. The normalized spacial score (nSPS) is 11.2. The Morgan fingerprint density at radius 3 is 1.28 bits per heavy atom. The molecule has 0 radical (unpaired) electrons. The molecule has 280 valence electrons. The number of rotatable bonds is 8. The molecule has 0 aliphatic heterocycles. The number of hydrogen-bond acceptors (Lipinski definition) is 5. The highest BCUT2D eigenvalue weighted by atomic mass is 128. The van der Waals surface area contributed by atoms with Gasteiger partial charge in [-0.3, -0.25) is 19.2 Å². The molecule has 0 N–H and O–H groups in total. The van der Waals surface area contributed by atoms with E-state index in [4.69, 9.17) is 0 Å². The Morgan fingerprint density at radius 1 is 0.680 bits per heavy atom. The first kappa shape index (κ1) is 54.0. The summed E-state index contributed by atoms with van der Waals surface area (Å²) in [7, 11) is -1.30. The number of carbonyl (C=O) groups excluding carboxylic acids is 4. The molecule has 0 saturated heterocycles. The molecule has 0 spiro atoms. The fourth-order valence-electron chi connectivity index (χ4n) is 3.14. The highest BCUT2D eigenvalue weighted by Gasteiger charge is 2.23. The number of aldehydes is 1. The van der Waals surface area contributed by atoms with E-state index in [0.717, 1.165) is 24.3 Å². The van der Waals surface area contributed by atoms with Gasteiger partial charge in [0.15, 0.2) is 11.6 Å². The first-order valence-electron chi connectivity index (χ1n) is 13.8. The van der Waals surface area contributed by atoms with Crippen LogP contribution < -0.4 is 0 Å². The van der Waals surface area contributed by atoms with Crippen LogP contribution in [0.4, 0.5) is 26.3 Å². The van der Waals surface area contributed by atoms with Crippen molar-refractivity contribution < 1.29 is 51.5 Å². The third kappa shape index (κ3) is 25.2. The summed E-state index contributed by atoms with van der Waals surface area (Å²) in [6, 6.07) is 9.12. The molecule has 0 amide bonds. The van der Waals surface area contributed by atoms with Crippen molar-refractivity contribution in [3.05, 3.63) is 112 Å². The SMILES string of the molecule is C.C.CC(=O)/C(C)=C/c1cc(F)cc(F)c1.CC(=O)C(C)[P+](C)=O.CC(=O)[C@@H](C)Cc1cc(F)cc(F)c1.II.O=Cc1cc(F)cc(F)c1.[HH]. The predicted octanol–water partition coefficient (Wildman–Crippen LogP) is 12.2. The molecular weight excluding hydrogens is 911 g/mol. The van der Waals surface area contributed by atoms with E-state index in [1.165, 1.54) is 51.1 Å². The van der Waals surface area contributed by atoms with Gasteiger partial charge in [-0.05, 0) is 100 Å². The van der Waals surface area contributed by atoms with Gasteiger partial charge in [0.25, 0.3) is 0 Å².